The number of rotatable bonds is 7. The molecule has 1 amide bonds. The maximum atomic E-state index is 12.6. The number of carbonyl (C=O) groups excluding carboxylic acids is 2. The highest BCUT2D eigenvalue weighted by molar-refractivity contribution is 7.21. The average Bonchev–Trinajstić information content (AvgIpc) is 3.26. The zero-order valence-corrected chi connectivity index (χ0v) is 21.3. The van der Waals surface area contributed by atoms with E-state index in [0.717, 1.165) is 20.9 Å². The van der Waals surface area contributed by atoms with Gasteiger partial charge < -0.3 is 9.47 Å². The minimum absolute atomic E-state index is 0.357. The van der Waals surface area contributed by atoms with Crippen molar-refractivity contribution in [2.45, 2.75) is 13.0 Å². The number of halogens is 1. The first-order valence-electron chi connectivity index (χ1n) is 11.5. The Hall–Kier alpha value is -4.20. The van der Waals surface area contributed by atoms with Crippen LogP contribution in [0.2, 0.25) is 5.02 Å². The van der Waals surface area contributed by atoms with E-state index >= 15 is 0 Å². The number of benzene rings is 4. The summed E-state index contributed by atoms with van der Waals surface area (Å²) in [6.45, 7) is 1.67. The molecule has 1 atom stereocenters. The summed E-state index contributed by atoms with van der Waals surface area (Å²) in [6, 6.07) is 27.8. The molecular formula is C29H21ClN2O4S. The molecule has 1 heterocycles. The second-order valence-electron chi connectivity index (χ2n) is 8.17. The zero-order chi connectivity index (χ0) is 25.8. The Balaban J connectivity index is 1.17. The first-order valence-corrected chi connectivity index (χ1v) is 12.7. The van der Waals surface area contributed by atoms with Crippen LogP contribution in [0.5, 0.6) is 11.5 Å². The standard InChI is InChI=1S/C29H21ClN2O4S/c1-18(35-24-11-6-8-20-7-2-3-9-22(20)24)28(33)32-31-17-19-13-15-21(16-14-19)36-29(34)27-26(30)23-10-4-5-12-25(23)37-27/h2-18H,1H3,(H,32,33)/b31-17-/t18-/m1/s1. The lowest BCUT2D eigenvalue weighted by atomic mass is 10.1. The Bertz CT molecular complexity index is 1620. The molecule has 37 heavy (non-hydrogen) atoms. The van der Waals surface area contributed by atoms with Crippen LogP contribution in [-0.4, -0.2) is 24.2 Å². The van der Waals surface area contributed by atoms with Gasteiger partial charge in [0.15, 0.2) is 6.10 Å². The van der Waals surface area contributed by atoms with Gasteiger partial charge in [-0.1, -0.05) is 66.2 Å². The van der Waals surface area contributed by atoms with Crippen molar-refractivity contribution < 1.29 is 19.1 Å². The number of ether oxygens (including phenoxy) is 2. The topological polar surface area (TPSA) is 77.0 Å². The van der Waals surface area contributed by atoms with E-state index in [9.17, 15) is 9.59 Å². The molecule has 0 radical (unpaired) electrons. The van der Waals surface area contributed by atoms with Crippen molar-refractivity contribution in [3.63, 3.8) is 0 Å². The van der Waals surface area contributed by atoms with Crippen LogP contribution in [0.4, 0.5) is 0 Å². The fourth-order valence-corrected chi connectivity index (χ4v) is 5.11. The van der Waals surface area contributed by atoms with E-state index in [-0.39, 0.29) is 5.91 Å². The van der Waals surface area contributed by atoms with Crippen molar-refractivity contribution in [1.82, 2.24) is 5.43 Å². The van der Waals surface area contributed by atoms with Gasteiger partial charge in [-0.05, 0) is 54.3 Å². The second-order valence-corrected chi connectivity index (χ2v) is 9.60. The lowest BCUT2D eigenvalue weighted by Crippen LogP contribution is -2.33. The number of hydrogen-bond donors (Lipinski definition) is 1. The van der Waals surface area contributed by atoms with Crippen LogP contribution in [-0.2, 0) is 4.79 Å². The number of fused-ring (bicyclic) bond motifs is 2. The largest absolute Gasteiger partial charge is 0.480 e. The first kappa shape index (κ1) is 24.5. The number of amides is 1. The van der Waals surface area contributed by atoms with E-state index in [1.165, 1.54) is 17.6 Å². The number of hydrogen-bond acceptors (Lipinski definition) is 6. The third-order valence-corrected chi connectivity index (χ3v) is 7.28. The monoisotopic (exact) mass is 528 g/mol. The van der Waals surface area contributed by atoms with Crippen LogP contribution in [0, 0.1) is 0 Å². The van der Waals surface area contributed by atoms with Gasteiger partial charge in [-0.25, -0.2) is 10.2 Å². The molecule has 0 unspecified atom stereocenters. The molecule has 0 bridgehead atoms. The molecule has 8 heteroatoms. The van der Waals surface area contributed by atoms with Gasteiger partial charge in [0.1, 0.15) is 16.4 Å². The third-order valence-electron chi connectivity index (χ3n) is 5.62. The Labute approximate surface area is 222 Å². The molecule has 0 fully saturated rings. The van der Waals surface area contributed by atoms with Crippen molar-refractivity contribution >= 4 is 61.9 Å². The highest BCUT2D eigenvalue weighted by Crippen LogP contribution is 2.35. The summed E-state index contributed by atoms with van der Waals surface area (Å²) in [5.74, 6) is 0.110. The van der Waals surface area contributed by atoms with Crippen molar-refractivity contribution in [3.8, 4) is 11.5 Å². The van der Waals surface area contributed by atoms with Gasteiger partial charge >= 0.3 is 5.97 Å². The van der Waals surface area contributed by atoms with Crippen LogP contribution >= 0.6 is 22.9 Å². The molecule has 184 valence electrons. The third kappa shape index (κ3) is 5.48. The minimum Gasteiger partial charge on any atom is -0.480 e. The predicted molar refractivity (Wildman–Crippen MR) is 148 cm³/mol. The Kier molecular flexibility index (Phi) is 7.16. The summed E-state index contributed by atoms with van der Waals surface area (Å²) in [5.41, 5.74) is 3.20. The van der Waals surface area contributed by atoms with Gasteiger partial charge in [0, 0.05) is 15.5 Å². The molecule has 0 saturated heterocycles. The maximum Gasteiger partial charge on any atom is 0.355 e. The molecule has 0 spiro atoms. The quantitative estimate of drug-likeness (QED) is 0.108. The maximum absolute atomic E-state index is 12.6. The molecule has 0 aliphatic rings. The van der Waals surface area contributed by atoms with E-state index in [0.29, 0.717) is 27.0 Å². The molecule has 0 aliphatic carbocycles. The average molecular weight is 529 g/mol. The number of nitrogens with one attached hydrogen (secondary N) is 1. The SMILES string of the molecule is C[C@@H](Oc1cccc2ccccc12)C(=O)N/N=C\c1ccc(OC(=O)c2sc3ccccc3c2Cl)cc1. The van der Waals surface area contributed by atoms with E-state index in [2.05, 4.69) is 10.5 Å². The summed E-state index contributed by atoms with van der Waals surface area (Å²) in [5, 5.41) is 7.20. The number of carbonyl (C=O) groups is 2. The Morgan fingerprint density at radius 3 is 2.41 bits per heavy atom. The van der Waals surface area contributed by atoms with Crippen molar-refractivity contribution in [1.29, 1.82) is 0 Å². The van der Waals surface area contributed by atoms with Crippen LogP contribution in [0.25, 0.3) is 20.9 Å². The minimum atomic E-state index is -0.745. The molecule has 1 aromatic heterocycles. The fraction of sp³-hybridized carbons (Fsp3) is 0.0690. The smallest absolute Gasteiger partial charge is 0.355 e. The molecule has 5 rings (SSSR count). The molecular weight excluding hydrogens is 508 g/mol. The van der Waals surface area contributed by atoms with Crippen LogP contribution in [0.1, 0.15) is 22.2 Å². The molecule has 0 aliphatic heterocycles. The van der Waals surface area contributed by atoms with E-state index in [4.69, 9.17) is 21.1 Å². The highest BCUT2D eigenvalue weighted by Gasteiger charge is 2.19. The highest BCUT2D eigenvalue weighted by atomic mass is 35.5. The Morgan fingerprint density at radius 1 is 0.919 bits per heavy atom. The van der Waals surface area contributed by atoms with Crippen molar-refractivity contribution in [2.24, 2.45) is 5.10 Å². The predicted octanol–water partition coefficient (Wildman–Crippen LogP) is 6.84. The number of hydrazone groups is 1. The number of thiophene rings is 1. The van der Waals surface area contributed by atoms with E-state index in [1.54, 1.807) is 31.2 Å². The number of esters is 1. The summed E-state index contributed by atoms with van der Waals surface area (Å²) >= 11 is 7.66. The molecule has 5 aromatic rings. The number of nitrogens with zero attached hydrogens (tertiary/aromatic N) is 1. The fourth-order valence-electron chi connectivity index (χ4n) is 3.72. The van der Waals surface area contributed by atoms with Gasteiger partial charge in [0.2, 0.25) is 0 Å². The Morgan fingerprint density at radius 2 is 1.62 bits per heavy atom. The summed E-state index contributed by atoms with van der Waals surface area (Å²) in [6.07, 6.45) is 0.752. The second kappa shape index (κ2) is 10.8. The van der Waals surface area contributed by atoms with Crippen molar-refractivity contribution in [3.05, 3.63) is 106 Å². The van der Waals surface area contributed by atoms with E-state index < -0.39 is 12.1 Å². The van der Waals surface area contributed by atoms with Gasteiger partial charge in [0.05, 0.1) is 11.2 Å². The molecule has 4 aromatic carbocycles. The van der Waals surface area contributed by atoms with Crippen LogP contribution in [0.3, 0.4) is 0 Å². The summed E-state index contributed by atoms with van der Waals surface area (Å²) in [4.78, 5) is 25.4. The van der Waals surface area contributed by atoms with Crippen molar-refractivity contribution in [2.75, 3.05) is 0 Å². The molecule has 1 N–H and O–H groups in total. The van der Waals surface area contributed by atoms with E-state index in [1.807, 2.05) is 66.7 Å². The van der Waals surface area contributed by atoms with Gasteiger partial charge in [0.25, 0.3) is 5.91 Å². The normalized spacial score (nSPS) is 12.1. The lowest BCUT2D eigenvalue weighted by Gasteiger charge is -2.14. The van der Waals surface area contributed by atoms with Gasteiger partial charge in [-0.15, -0.1) is 11.3 Å². The molecule has 6 nitrogen and oxygen atoms in total. The lowest BCUT2D eigenvalue weighted by molar-refractivity contribution is -0.127. The van der Waals surface area contributed by atoms with Crippen LogP contribution < -0.4 is 14.9 Å². The zero-order valence-electron chi connectivity index (χ0n) is 19.7. The molecule has 0 saturated carbocycles. The first-order chi connectivity index (χ1) is 18.0. The van der Waals surface area contributed by atoms with Gasteiger partial charge in [-0.3, -0.25) is 4.79 Å². The summed E-state index contributed by atoms with van der Waals surface area (Å²) < 4.78 is 12.3. The van der Waals surface area contributed by atoms with Crippen LogP contribution in [0.15, 0.2) is 96.1 Å². The summed E-state index contributed by atoms with van der Waals surface area (Å²) in [7, 11) is 0. The van der Waals surface area contributed by atoms with Gasteiger partial charge in [-0.2, -0.15) is 5.10 Å².